The van der Waals surface area contributed by atoms with Gasteiger partial charge in [-0.3, -0.25) is 35.7 Å². The van der Waals surface area contributed by atoms with Gasteiger partial charge in [-0.15, -0.1) is 13.2 Å². The summed E-state index contributed by atoms with van der Waals surface area (Å²) in [6.07, 6.45) is -4.73. The van der Waals surface area contributed by atoms with Crippen LogP contribution in [0.5, 0.6) is 28.7 Å². The van der Waals surface area contributed by atoms with Crippen molar-refractivity contribution in [2.24, 2.45) is 0 Å². The first kappa shape index (κ1) is 77.5. The molecule has 26 nitrogen and oxygen atoms in total. The number of H-pyrrole nitrogens is 7. The van der Waals surface area contributed by atoms with Crippen molar-refractivity contribution in [1.29, 1.82) is 0 Å². The number of methoxy groups -OCH3 is 3. The Morgan fingerprint density at radius 3 is 1.00 bits per heavy atom. The van der Waals surface area contributed by atoms with Gasteiger partial charge in [-0.25, -0.2) is 43.7 Å². The summed E-state index contributed by atoms with van der Waals surface area (Å²) in [6.45, 7) is 19.0. The molecule has 0 amide bonds. The van der Waals surface area contributed by atoms with E-state index in [4.69, 9.17) is 42.1 Å². The van der Waals surface area contributed by atoms with Gasteiger partial charge in [0.25, 0.3) is 0 Å². The van der Waals surface area contributed by atoms with Crippen LogP contribution in [0.1, 0.15) is 58.8 Å². The van der Waals surface area contributed by atoms with Crippen LogP contribution in [0.4, 0.5) is 22.0 Å². The summed E-state index contributed by atoms with van der Waals surface area (Å²) in [5.74, 6) is 10.2. The molecule has 7 heterocycles. The van der Waals surface area contributed by atoms with E-state index in [9.17, 15) is 22.0 Å². The van der Waals surface area contributed by atoms with Crippen LogP contribution in [0.15, 0.2) is 146 Å². The molecule has 0 atom stereocenters. The lowest BCUT2D eigenvalue weighted by molar-refractivity contribution is -0.274. The van der Waals surface area contributed by atoms with E-state index < -0.39 is 12.2 Å². The topological polar surface area (TPSA) is 337 Å². The number of aromatic amines is 7. The first-order valence-corrected chi connectivity index (χ1v) is 32.2. The molecule has 0 aliphatic carbocycles. The molecule has 0 radical (unpaired) electrons. The monoisotopic (exact) mass is 1460 g/mol. The number of nitrogens with zero attached hydrogens (tertiary/aromatic N) is 14. The minimum atomic E-state index is -4.73. The second-order valence-corrected chi connectivity index (χ2v) is 22.7. The molecule has 104 heavy (non-hydrogen) atoms. The van der Waals surface area contributed by atoms with E-state index in [0.717, 1.165) is 79.0 Å². The van der Waals surface area contributed by atoms with E-state index in [1.165, 1.54) is 37.4 Å². The predicted molar refractivity (Wildman–Crippen MR) is 383 cm³/mol. The standard InChI is InChI=1S/C11H13N3O.C10H10ClN3O.C10H10ClN3.C10H8F3N3O.C10H10FN3O.C10H10FN3.C10H11N3O/c1-3-15-10-7-5-4-6-9(10)11-12-8(2)13-14-11;1-6-12-10(14-13-6)7-4-3-5-8(11)9(7)15-2;1-6-8(4-3-5-9(6)11)10-12-7(2)13-14-10;1-6-14-9(16-15-6)7-4-2-3-5-8(7)17-10(11,12)13;1-6-12-10(14-13-6)7-4-3-5-8(11)9(7)15-2;1-6-8(4-3-5-9(6)11)10-12-7(2)13-14-10;1-7-11-10(13-12-7)8-5-3-4-6-9(8)14-2/h4-7H,3H2,1-2H3,(H,12,13,14);3-5H,1-2H3,(H,12,13,14);3-5H,1-2H3,(H,12,13,14);2-5H,1H3,(H,14,15,16);3-5H,1-2H3,(H,12,13,14);3-5H,1-2H3,(H,12,13,14);3-6H,1-2H3,(H,11,12,13). The zero-order chi connectivity index (χ0) is 75.0. The third-order valence-electron chi connectivity index (χ3n) is 14.2. The molecule has 14 aromatic rings. The van der Waals surface area contributed by atoms with Crippen LogP contribution < -0.4 is 23.7 Å². The Bertz CT molecular complexity index is 4870. The smallest absolute Gasteiger partial charge is 0.496 e. The van der Waals surface area contributed by atoms with Crippen LogP contribution in [-0.4, -0.2) is 141 Å². The quantitative estimate of drug-likeness (QED) is 0.0527. The minimum absolute atomic E-state index is 0.163. The second kappa shape index (κ2) is 36.9. The minimum Gasteiger partial charge on any atom is -0.496 e. The van der Waals surface area contributed by atoms with E-state index in [0.29, 0.717) is 75.1 Å². The molecule has 0 saturated carbocycles. The lowest BCUT2D eigenvalue weighted by Crippen LogP contribution is -2.17. The summed E-state index contributed by atoms with van der Waals surface area (Å²) in [4.78, 5) is 29.2. The Kier molecular flexibility index (Phi) is 27.5. The van der Waals surface area contributed by atoms with Gasteiger partial charge in [-0.05, 0) is 153 Å². The Morgan fingerprint density at radius 2 is 0.625 bits per heavy atom. The second-order valence-electron chi connectivity index (χ2n) is 21.9. The van der Waals surface area contributed by atoms with Gasteiger partial charge in [0.1, 0.15) is 69.6 Å². The van der Waals surface area contributed by atoms with Crippen molar-refractivity contribution < 1.29 is 45.6 Å². The number of halogens is 7. The lowest BCUT2D eigenvalue weighted by Gasteiger charge is -2.11. The number of nitrogens with one attached hydrogen (secondary N) is 7. The molecule has 0 bridgehead atoms. The van der Waals surface area contributed by atoms with Crippen molar-refractivity contribution in [3.05, 3.63) is 219 Å². The molecule has 7 N–H and O–H groups in total. The fourth-order valence-electron chi connectivity index (χ4n) is 9.35. The first-order chi connectivity index (χ1) is 49.9. The summed E-state index contributed by atoms with van der Waals surface area (Å²) >= 11 is 12.0. The highest BCUT2D eigenvalue weighted by Crippen LogP contribution is 2.36. The molecule has 0 fully saturated rings. The number of rotatable bonds is 13. The number of hydrogen-bond acceptors (Lipinski definition) is 19. The summed E-state index contributed by atoms with van der Waals surface area (Å²) in [5, 5.41) is 48.6. The summed E-state index contributed by atoms with van der Waals surface area (Å²) in [5.41, 5.74) is 6.63. The number of alkyl halides is 3. The molecule has 0 saturated heterocycles. The number of benzene rings is 7. The lowest BCUT2D eigenvalue weighted by atomic mass is 10.1. The van der Waals surface area contributed by atoms with Crippen LogP contribution in [0.3, 0.4) is 0 Å². The van der Waals surface area contributed by atoms with Crippen molar-refractivity contribution in [1.82, 2.24) is 106 Å². The third-order valence-corrected chi connectivity index (χ3v) is 14.9. The van der Waals surface area contributed by atoms with Crippen LogP contribution in [0.25, 0.3) is 79.7 Å². The maximum atomic E-state index is 13.4. The summed E-state index contributed by atoms with van der Waals surface area (Å²) in [7, 11) is 4.63. The molecule has 0 aliphatic heterocycles. The van der Waals surface area contributed by atoms with Crippen LogP contribution in [0.2, 0.25) is 10.0 Å². The summed E-state index contributed by atoms with van der Waals surface area (Å²) in [6, 6.07) is 41.9. The fraction of sp³-hybridized carbons (Fsp3) is 0.211. The maximum Gasteiger partial charge on any atom is 0.573 e. The van der Waals surface area contributed by atoms with Gasteiger partial charge in [-0.2, -0.15) is 35.7 Å². The van der Waals surface area contributed by atoms with Crippen molar-refractivity contribution in [2.75, 3.05) is 27.9 Å². The van der Waals surface area contributed by atoms with Gasteiger partial charge in [0.2, 0.25) is 0 Å². The Labute approximate surface area is 603 Å². The average Bonchev–Trinajstić information content (AvgIpc) is 1.52. The normalized spacial score (nSPS) is 10.5. The molecule has 33 heteroatoms. The molecular weight excluding hydrogens is 1390 g/mol. The highest BCUT2D eigenvalue weighted by Gasteiger charge is 2.32. The Hall–Kier alpha value is -12.3. The molecule has 7 aromatic heterocycles. The molecular formula is C71H72Cl2F5N21O5. The van der Waals surface area contributed by atoms with Crippen molar-refractivity contribution in [3.63, 3.8) is 0 Å². The largest absolute Gasteiger partial charge is 0.573 e. The predicted octanol–water partition coefficient (Wildman–Crippen LogP) is 16.0. The van der Waals surface area contributed by atoms with Crippen molar-refractivity contribution in [2.45, 2.75) is 75.6 Å². The van der Waals surface area contributed by atoms with Crippen molar-refractivity contribution in [3.8, 4) is 108 Å². The highest BCUT2D eigenvalue weighted by molar-refractivity contribution is 6.32. The SMILES string of the molecule is CCOc1ccccc1-c1n[nH]c(C)n1.COc1c(Cl)cccc1-c1n[nH]c(C)n1.COc1c(F)cccc1-c1n[nH]c(C)n1.COc1ccccc1-c1n[nH]c(C)n1.Cc1nc(-c2cccc(Cl)c2C)n[nH]1.Cc1nc(-c2cccc(F)c2C)n[nH]1.Cc1nc(-c2ccccc2OC(F)(F)F)n[nH]1. The van der Waals surface area contributed by atoms with Crippen molar-refractivity contribution >= 4 is 23.2 Å². The number of para-hydroxylation sites is 5. The molecule has 0 aliphatic rings. The van der Waals surface area contributed by atoms with E-state index in [-0.39, 0.29) is 28.7 Å². The molecule has 540 valence electrons. The summed E-state index contributed by atoms with van der Waals surface area (Å²) < 4.78 is 87.9. The Morgan fingerprint density at radius 1 is 0.327 bits per heavy atom. The van der Waals surface area contributed by atoms with Gasteiger partial charge >= 0.3 is 6.36 Å². The number of ether oxygens (including phenoxy) is 5. The molecule has 0 unspecified atom stereocenters. The van der Waals surface area contributed by atoms with Gasteiger partial charge in [0.15, 0.2) is 52.3 Å². The molecule has 0 spiro atoms. The molecule has 7 aromatic carbocycles. The van der Waals surface area contributed by atoms with Gasteiger partial charge in [-0.1, -0.05) is 96.0 Å². The molecule has 14 rings (SSSR count). The Balaban J connectivity index is 0.000000154. The number of aromatic nitrogens is 21. The zero-order valence-corrected chi connectivity index (χ0v) is 60.0. The van der Waals surface area contributed by atoms with Crippen LogP contribution >= 0.6 is 23.2 Å². The van der Waals surface area contributed by atoms with Gasteiger partial charge in [0.05, 0.1) is 60.8 Å². The van der Waals surface area contributed by atoms with Gasteiger partial charge < -0.3 is 23.7 Å². The average molecular weight is 1470 g/mol. The number of hydrogen-bond donors (Lipinski definition) is 7. The van der Waals surface area contributed by atoms with E-state index >= 15 is 0 Å². The zero-order valence-electron chi connectivity index (χ0n) is 58.5. The van der Waals surface area contributed by atoms with Crippen LogP contribution in [0, 0.1) is 73.9 Å². The van der Waals surface area contributed by atoms with E-state index in [2.05, 4.69) is 111 Å². The highest BCUT2D eigenvalue weighted by atomic mass is 35.5. The third kappa shape index (κ3) is 21.4. The van der Waals surface area contributed by atoms with E-state index in [1.54, 1.807) is 71.4 Å². The maximum absolute atomic E-state index is 13.4. The number of aryl methyl sites for hydroxylation is 7. The van der Waals surface area contributed by atoms with E-state index in [1.807, 2.05) is 127 Å². The fourth-order valence-corrected chi connectivity index (χ4v) is 9.78. The first-order valence-electron chi connectivity index (χ1n) is 31.5. The van der Waals surface area contributed by atoms with Crippen LogP contribution in [-0.2, 0) is 0 Å². The van der Waals surface area contributed by atoms with Gasteiger partial charge in [0, 0.05) is 16.1 Å².